The molecule has 1 atom stereocenters. The molecule has 5 aromatic rings. The lowest BCUT2D eigenvalue weighted by molar-refractivity contribution is 0.242. The summed E-state index contributed by atoms with van der Waals surface area (Å²) in [5, 5.41) is 0. The maximum absolute atomic E-state index is 5.82. The van der Waals surface area contributed by atoms with Crippen LogP contribution in [-0.2, 0) is 6.42 Å². The summed E-state index contributed by atoms with van der Waals surface area (Å²) in [7, 11) is 0. The molecule has 5 rings (SSSR count). The number of nitrogens with zero attached hydrogens (tertiary/aromatic N) is 2. The number of aromatic amines is 2. The average molecular weight is 396 g/mol. The van der Waals surface area contributed by atoms with Crippen molar-refractivity contribution in [3.8, 4) is 5.75 Å². The standard InChI is InChI=1S/C25H24N4O/c1-16(2)30-18-13-11-17(12-14-18)19(25-28-22-9-5-6-10-23(22)29-25)15-24-26-20-7-3-4-8-21(20)27-24/h3-14,16,19H,15H2,1-2H3,(H,26,27)(H,28,29). The molecule has 5 nitrogen and oxygen atoms in total. The molecule has 0 radical (unpaired) electrons. The maximum atomic E-state index is 5.82. The van der Waals surface area contributed by atoms with E-state index in [1.165, 1.54) is 5.56 Å². The summed E-state index contributed by atoms with van der Waals surface area (Å²) in [5.41, 5.74) is 5.22. The molecule has 5 heteroatoms. The lowest BCUT2D eigenvalue weighted by atomic mass is 9.94. The molecule has 0 saturated carbocycles. The van der Waals surface area contributed by atoms with Gasteiger partial charge in [0.2, 0.25) is 0 Å². The van der Waals surface area contributed by atoms with Gasteiger partial charge in [0.05, 0.1) is 28.2 Å². The second kappa shape index (κ2) is 7.67. The smallest absolute Gasteiger partial charge is 0.119 e. The van der Waals surface area contributed by atoms with Gasteiger partial charge in [-0.2, -0.15) is 0 Å². The molecular weight excluding hydrogens is 372 g/mol. The van der Waals surface area contributed by atoms with Crippen LogP contribution in [0.1, 0.15) is 37.0 Å². The monoisotopic (exact) mass is 396 g/mol. The van der Waals surface area contributed by atoms with E-state index in [2.05, 4.69) is 34.2 Å². The maximum Gasteiger partial charge on any atom is 0.119 e. The highest BCUT2D eigenvalue weighted by Gasteiger charge is 2.21. The van der Waals surface area contributed by atoms with Crippen molar-refractivity contribution in [3.63, 3.8) is 0 Å². The number of aromatic nitrogens is 4. The molecule has 0 bridgehead atoms. The predicted molar refractivity (Wildman–Crippen MR) is 120 cm³/mol. The third-order valence-corrected chi connectivity index (χ3v) is 5.23. The van der Waals surface area contributed by atoms with Crippen molar-refractivity contribution >= 4 is 22.1 Å². The number of hydrogen-bond acceptors (Lipinski definition) is 3. The quantitative estimate of drug-likeness (QED) is 0.392. The van der Waals surface area contributed by atoms with Crippen molar-refractivity contribution in [2.24, 2.45) is 0 Å². The SMILES string of the molecule is CC(C)Oc1ccc(C(Cc2nc3ccccc3[nH]2)c2nc3ccccc3[nH]2)cc1. The van der Waals surface area contributed by atoms with Crippen molar-refractivity contribution < 1.29 is 4.74 Å². The number of rotatable bonds is 6. The number of ether oxygens (including phenoxy) is 1. The Labute approximate surface area is 175 Å². The van der Waals surface area contributed by atoms with Crippen molar-refractivity contribution in [2.45, 2.75) is 32.3 Å². The fraction of sp³-hybridized carbons (Fsp3) is 0.200. The Balaban J connectivity index is 1.54. The fourth-order valence-corrected chi connectivity index (χ4v) is 3.86. The molecule has 150 valence electrons. The topological polar surface area (TPSA) is 66.6 Å². The Morgan fingerprint density at radius 3 is 2.03 bits per heavy atom. The predicted octanol–water partition coefficient (Wildman–Crippen LogP) is 5.60. The fourth-order valence-electron chi connectivity index (χ4n) is 3.86. The van der Waals surface area contributed by atoms with Gasteiger partial charge in [0.1, 0.15) is 17.4 Å². The van der Waals surface area contributed by atoms with Gasteiger partial charge < -0.3 is 14.7 Å². The molecule has 0 fully saturated rings. The summed E-state index contributed by atoms with van der Waals surface area (Å²) in [6, 6.07) is 24.6. The van der Waals surface area contributed by atoms with E-state index >= 15 is 0 Å². The zero-order valence-corrected chi connectivity index (χ0v) is 17.1. The van der Waals surface area contributed by atoms with Gasteiger partial charge >= 0.3 is 0 Å². The first-order valence-corrected chi connectivity index (χ1v) is 10.3. The summed E-state index contributed by atoms with van der Waals surface area (Å²) in [5.74, 6) is 2.81. The van der Waals surface area contributed by atoms with E-state index in [1.54, 1.807) is 0 Å². The molecule has 0 aliphatic rings. The Hall–Kier alpha value is -3.60. The summed E-state index contributed by atoms with van der Waals surface area (Å²) >= 11 is 0. The Kier molecular flexibility index (Phi) is 4.71. The summed E-state index contributed by atoms with van der Waals surface area (Å²) in [4.78, 5) is 16.6. The van der Waals surface area contributed by atoms with E-state index in [0.29, 0.717) is 0 Å². The molecule has 0 aliphatic carbocycles. The van der Waals surface area contributed by atoms with E-state index in [9.17, 15) is 0 Å². The van der Waals surface area contributed by atoms with Crippen LogP contribution in [0.3, 0.4) is 0 Å². The van der Waals surface area contributed by atoms with E-state index in [0.717, 1.165) is 45.9 Å². The average Bonchev–Trinajstić information content (AvgIpc) is 3.35. The Bertz CT molecular complexity index is 1220. The van der Waals surface area contributed by atoms with E-state index in [-0.39, 0.29) is 12.0 Å². The zero-order valence-electron chi connectivity index (χ0n) is 17.1. The van der Waals surface area contributed by atoms with Gasteiger partial charge in [-0.15, -0.1) is 0 Å². The van der Waals surface area contributed by atoms with Gasteiger partial charge in [-0.05, 0) is 55.8 Å². The minimum absolute atomic E-state index is 0.0473. The highest BCUT2D eigenvalue weighted by molar-refractivity contribution is 5.75. The molecule has 0 aliphatic heterocycles. The molecule has 30 heavy (non-hydrogen) atoms. The first kappa shape index (κ1) is 18.4. The van der Waals surface area contributed by atoms with Crippen LogP contribution in [0.5, 0.6) is 5.75 Å². The minimum atomic E-state index is 0.0473. The number of imidazole rings is 2. The molecule has 2 N–H and O–H groups in total. The largest absolute Gasteiger partial charge is 0.491 e. The number of fused-ring (bicyclic) bond motifs is 2. The Morgan fingerprint density at radius 1 is 0.767 bits per heavy atom. The van der Waals surface area contributed by atoms with Crippen LogP contribution >= 0.6 is 0 Å². The first-order chi connectivity index (χ1) is 14.7. The number of para-hydroxylation sites is 4. The first-order valence-electron chi connectivity index (χ1n) is 10.3. The van der Waals surface area contributed by atoms with Gasteiger partial charge in [0.25, 0.3) is 0 Å². The highest BCUT2D eigenvalue weighted by atomic mass is 16.5. The van der Waals surface area contributed by atoms with Gasteiger partial charge in [0.15, 0.2) is 0 Å². The summed E-state index contributed by atoms with van der Waals surface area (Å²) in [6.07, 6.45) is 0.872. The van der Waals surface area contributed by atoms with Crippen LogP contribution in [0.15, 0.2) is 72.8 Å². The van der Waals surface area contributed by atoms with Crippen molar-refractivity contribution in [1.29, 1.82) is 0 Å². The van der Waals surface area contributed by atoms with Crippen molar-refractivity contribution in [3.05, 3.63) is 90.0 Å². The molecule has 2 aromatic heterocycles. The number of hydrogen-bond donors (Lipinski definition) is 2. The Morgan fingerprint density at radius 2 is 1.40 bits per heavy atom. The lowest BCUT2D eigenvalue weighted by Gasteiger charge is -2.16. The zero-order chi connectivity index (χ0) is 20.5. The molecule has 0 amide bonds. The second-order valence-corrected chi connectivity index (χ2v) is 7.83. The molecule has 3 aromatic carbocycles. The van der Waals surface area contributed by atoms with Crippen LogP contribution in [0.2, 0.25) is 0 Å². The van der Waals surface area contributed by atoms with Gasteiger partial charge in [-0.1, -0.05) is 36.4 Å². The van der Waals surface area contributed by atoms with Crippen molar-refractivity contribution in [2.75, 3.05) is 0 Å². The number of H-pyrrole nitrogens is 2. The van der Waals surface area contributed by atoms with Crippen LogP contribution < -0.4 is 4.74 Å². The third kappa shape index (κ3) is 3.66. The summed E-state index contributed by atoms with van der Waals surface area (Å²) in [6.45, 7) is 4.07. The minimum Gasteiger partial charge on any atom is -0.491 e. The van der Waals surface area contributed by atoms with Crippen LogP contribution in [-0.4, -0.2) is 26.0 Å². The van der Waals surface area contributed by atoms with E-state index in [1.807, 2.05) is 62.4 Å². The molecule has 1 unspecified atom stereocenters. The number of benzene rings is 3. The molecular formula is C25H24N4O. The van der Waals surface area contributed by atoms with Gasteiger partial charge in [-0.3, -0.25) is 0 Å². The number of nitrogens with one attached hydrogen (secondary N) is 2. The van der Waals surface area contributed by atoms with Crippen molar-refractivity contribution in [1.82, 2.24) is 19.9 Å². The van der Waals surface area contributed by atoms with Gasteiger partial charge in [0, 0.05) is 12.3 Å². The van der Waals surface area contributed by atoms with Crippen LogP contribution in [0.4, 0.5) is 0 Å². The molecule has 0 spiro atoms. The normalized spacial score (nSPS) is 12.6. The molecule has 0 saturated heterocycles. The third-order valence-electron chi connectivity index (χ3n) is 5.23. The van der Waals surface area contributed by atoms with Crippen LogP contribution in [0, 0.1) is 0 Å². The van der Waals surface area contributed by atoms with E-state index in [4.69, 9.17) is 14.7 Å². The second-order valence-electron chi connectivity index (χ2n) is 7.83. The van der Waals surface area contributed by atoms with Crippen LogP contribution in [0.25, 0.3) is 22.1 Å². The molecule has 2 heterocycles. The van der Waals surface area contributed by atoms with Gasteiger partial charge in [-0.25, -0.2) is 9.97 Å². The van der Waals surface area contributed by atoms with E-state index < -0.39 is 0 Å². The lowest BCUT2D eigenvalue weighted by Crippen LogP contribution is -2.09. The highest BCUT2D eigenvalue weighted by Crippen LogP contribution is 2.30. The summed E-state index contributed by atoms with van der Waals surface area (Å²) < 4.78 is 5.82.